The molecule has 0 aliphatic carbocycles. The van der Waals surface area contributed by atoms with Gasteiger partial charge in [-0.25, -0.2) is 0 Å². The van der Waals surface area contributed by atoms with Crippen LogP contribution in [-0.2, 0) is 4.43 Å². The predicted molar refractivity (Wildman–Crippen MR) is 157 cm³/mol. The molecule has 3 aromatic carbocycles. The standard InChI is InChI=1S/C31H35BrN2O2Si/c1-5-20-34-28(21-35)29(24-16-18-25(32)19-17-24)31(34,22-33)23-36-37(30(2,3)4,26-12-8-6-9-13-26)27-14-10-7-11-15-27/h5-19,28-29,35H,1,20-21,23H2,2-4H3/t28-,29+,31-/m0/s1. The second kappa shape index (κ2) is 11.1. The monoisotopic (exact) mass is 574 g/mol. The summed E-state index contributed by atoms with van der Waals surface area (Å²) in [5, 5.41) is 23.3. The molecule has 0 spiro atoms. The number of halogens is 1. The van der Waals surface area contributed by atoms with Gasteiger partial charge in [-0.2, -0.15) is 5.26 Å². The van der Waals surface area contributed by atoms with Crippen LogP contribution in [0, 0.1) is 11.3 Å². The fourth-order valence-corrected chi connectivity index (χ4v) is 10.9. The molecule has 3 atom stereocenters. The summed E-state index contributed by atoms with van der Waals surface area (Å²) in [6.45, 7) is 11.3. The van der Waals surface area contributed by atoms with Gasteiger partial charge in [0.05, 0.1) is 19.3 Å². The number of aliphatic hydroxyl groups is 1. The van der Waals surface area contributed by atoms with Crippen LogP contribution in [0.1, 0.15) is 32.3 Å². The van der Waals surface area contributed by atoms with Gasteiger partial charge in [-0.3, -0.25) is 4.90 Å². The van der Waals surface area contributed by atoms with Gasteiger partial charge >= 0.3 is 0 Å². The molecule has 0 radical (unpaired) electrons. The van der Waals surface area contributed by atoms with Crippen molar-refractivity contribution in [3.05, 3.63) is 108 Å². The molecule has 0 aromatic heterocycles. The summed E-state index contributed by atoms with van der Waals surface area (Å²) >= 11 is 3.52. The van der Waals surface area contributed by atoms with E-state index >= 15 is 0 Å². The van der Waals surface area contributed by atoms with Gasteiger partial charge in [0.15, 0.2) is 0 Å². The Morgan fingerprint density at radius 1 is 1.03 bits per heavy atom. The fraction of sp³-hybridized carbons (Fsp3) is 0.323. The van der Waals surface area contributed by atoms with E-state index in [-0.39, 0.29) is 30.2 Å². The molecular formula is C31H35BrN2O2Si. The summed E-state index contributed by atoms with van der Waals surface area (Å²) in [7, 11) is -2.86. The van der Waals surface area contributed by atoms with Gasteiger partial charge < -0.3 is 9.53 Å². The van der Waals surface area contributed by atoms with Crippen molar-refractivity contribution in [1.29, 1.82) is 5.26 Å². The molecule has 6 heteroatoms. The Balaban J connectivity index is 1.85. The molecule has 192 valence electrons. The van der Waals surface area contributed by atoms with Crippen molar-refractivity contribution in [2.45, 2.75) is 43.3 Å². The maximum absolute atomic E-state index is 10.8. The van der Waals surface area contributed by atoms with Crippen LogP contribution >= 0.6 is 15.9 Å². The van der Waals surface area contributed by atoms with E-state index in [0.717, 1.165) is 10.0 Å². The van der Waals surface area contributed by atoms with E-state index < -0.39 is 13.9 Å². The third kappa shape index (κ3) is 4.76. The second-order valence-corrected chi connectivity index (χ2v) is 15.9. The molecule has 4 nitrogen and oxygen atoms in total. The molecule has 3 aromatic rings. The number of nitriles is 1. The lowest BCUT2D eigenvalue weighted by Gasteiger charge is -2.61. The van der Waals surface area contributed by atoms with Crippen molar-refractivity contribution in [3.63, 3.8) is 0 Å². The lowest BCUT2D eigenvalue weighted by molar-refractivity contribution is -0.0983. The van der Waals surface area contributed by atoms with Gasteiger partial charge in [0.1, 0.15) is 5.54 Å². The molecule has 0 unspecified atom stereocenters. The Bertz CT molecular complexity index is 1200. The fourth-order valence-electron chi connectivity index (χ4n) is 6.02. The van der Waals surface area contributed by atoms with Gasteiger partial charge in [0.25, 0.3) is 8.32 Å². The van der Waals surface area contributed by atoms with Crippen molar-refractivity contribution in [3.8, 4) is 6.07 Å². The minimum Gasteiger partial charge on any atom is -0.404 e. The highest BCUT2D eigenvalue weighted by molar-refractivity contribution is 9.10. The van der Waals surface area contributed by atoms with E-state index in [1.165, 1.54) is 10.4 Å². The number of rotatable bonds is 9. The lowest BCUT2D eigenvalue weighted by Crippen LogP contribution is -2.76. The van der Waals surface area contributed by atoms with Crippen LogP contribution < -0.4 is 10.4 Å². The van der Waals surface area contributed by atoms with Crippen LogP contribution in [-0.4, -0.2) is 49.7 Å². The molecule has 0 saturated carbocycles. The van der Waals surface area contributed by atoms with Gasteiger partial charge in [-0.15, -0.1) is 6.58 Å². The zero-order chi connectivity index (χ0) is 26.7. The summed E-state index contributed by atoms with van der Waals surface area (Å²) in [6.07, 6.45) is 1.80. The minimum absolute atomic E-state index is 0.0444. The van der Waals surface area contributed by atoms with Crippen molar-refractivity contribution >= 4 is 34.6 Å². The van der Waals surface area contributed by atoms with Crippen LogP contribution in [0.2, 0.25) is 5.04 Å². The molecular weight excluding hydrogens is 540 g/mol. The smallest absolute Gasteiger partial charge is 0.261 e. The van der Waals surface area contributed by atoms with E-state index in [9.17, 15) is 10.4 Å². The van der Waals surface area contributed by atoms with Crippen molar-refractivity contribution in [2.75, 3.05) is 19.8 Å². The van der Waals surface area contributed by atoms with Gasteiger partial charge in [-0.1, -0.05) is 116 Å². The topological polar surface area (TPSA) is 56.5 Å². The van der Waals surface area contributed by atoms with E-state index in [4.69, 9.17) is 4.43 Å². The third-order valence-corrected chi connectivity index (χ3v) is 13.2. The van der Waals surface area contributed by atoms with Crippen LogP contribution in [0.5, 0.6) is 0 Å². The number of benzene rings is 3. The quantitative estimate of drug-likeness (QED) is 0.280. The minimum atomic E-state index is -2.86. The second-order valence-electron chi connectivity index (χ2n) is 10.7. The SMILES string of the molecule is C=CCN1[C@@H](CO)[C@@H](c2ccc(Br)cc2)[C@]1(C#N)CO[Si](c1ccccc1)(c1ccccc1)C(C)(C)C. The van der Waals surface area contributed by atoms with Crippen molar-refractivity contribution in [1.82, 2.24) is 4.90 Å². The molecule has 1 aliphatic rings. The van der Waals surface area contributed by atoms with Gasteiger partial charge in [-0.05, 0) is 33.1 Å². The number of nitrogens with zero attached hydrogens (tertiary/aromatic N) is 2. The maximum Gasteiger partial charge on any atom is 0.261 e. The summed E-state index contributed by atoms with van der Waals surface area (Å²) in [6, 6.07) is 31.5. The number of hydrogen-bond acceptors (Lipinski definition) is 4. The Morgan fingerprint density at radius 2 is 1.57 bits per heavy atom. The Kier molecular flexibility index (Phi) is 8.22. The lowest BCUT2D eigenvalue weighted by atomic mass is 9.65. The summed E-state index contributed by atoms with van der Waals surface area (Å²) in [5.41, 5.74) is 0.0813. The van der Waals surface area contributed by atoms with Crippen LogP contribution in [0.3, 0.4) is 0 Å². The highest BCUT2D eigenvalue weighted by atomic mass is 79.9. The largest absolute Gasteiger partial charge is 0.404 e. The number of hydrogen-bond donors (Lipinski definition) is 1. The first-order chi connectivity index (χ1) is 17.7. The molecule has 1 fully saturated rings. The van der Waals surface area contributed by atoms with Crippen LogP contribution in [0.4, 0.5) is 0 Å². The molecule has 37 heavy (non-hydrogen) atoms. The predicted octanol–water partition coefficient (Wildman–Crippen LogP) is 5.23. The molecule has 0 amide bonds. The average molecular weight is 576 g/mol. The molecule has 4 rings (SSSR count). The molecule has 0 bridgehead atoms. The molecule has 1 N–H and O–H groups in total. The highest BCUT2D eigenvalue weighted by Gasteiger charge is 2.62. The maximum atomic E-state index is 10.8. The third-order valence-electron chi connectivity index (χ3n) is 7.67. The average Bonchev–Trinajstić information content (AvgIpc) is 2.90. The summed E-state index contributed by atoms with van der Waals surface area (Å²) in [4.78, 5) is 2.06. The van der Waals surface area contributed by atoms with E-state index in [0.29, 0.717) is 6.54 Å². The van der Waals surface area contributed by atoms with E-state index in [1.807, 2.05) is 36.4 Å². The van der Waals surface area contributed by atoms with E-state index in [1.54, 1.807) is 6.08 Å². The highest BCUT2D eigenvalue weighted by Crippen LogP contribution is 2.50. The molecule has 1 saturated heterocycles. The number of aliphatic hydroxyl groups excluding tert-OH is 1. The summed E-state index contributed by atoms with van der Waals surface area (Å²) in [5.74, 6) is -0.200. The van der Waals surface area contributed by atoms with Crippen molar-refractivity contribution < 1.29 is 9.53 Å². The Hall–Kier alpha value is -2.53. The molecule has 1 heterocycles. The van der Waals surface area contributed by atoms with Gasteiger partial charge in [0.2, 0.25) is 0 Å². The van der Waals surface area contributed by atoms with Crippen LogP contribution in [0.25, 0.3) is 0 Å². The number of likely N-dealkylation sites (tertiary alicyclic amines) is 1. The summed E-state index contributed by atoms with van der Waals surface area (Å²) < 4.78 is 8.24. The normalized spacial score (nSPS) is 22.2. The zero-order valence-electron chi connectivity index (χ0n) is 21.8. The molecule has 1 aliphatic heterocycles. The van der Waals surface area contributed by atoms with Crippen LogP contribution in [0.15, 0.2) is 102 Å². The van der Waals surface area contributed by atoms with E-state index in [2.05, 4.69) is 103 Å². The first-order valence-electron chi connectivity index (χ1n) is 12.7. The van der Waals surface area contributed by atoms with Gasteiger partial charge in [0, 0.05) is 23.0 Å². The van der Waals surface area contributed by atoms with Crippen molar-refractivity contribution in [2.24, 2.45) is 0 Å². The first kappa shape index (κ1) is 27.5. The first-order valence-corrected chi connectivity index (χ1v) is 15.4. The Morgan fingerprint density at radius 3 is 2.00 bits per heavy atom. The zero-order valence-corrected chi connectivity index (χ0v) is 24.4. The Labute approximate surface area is 230 Å².